The molecular formula is C18H26N2O3S. The summed E-state index contributed by atoms with van der Waals surface area (Å²) in [6.07, 6.45) is 5.14. The van der Waals surface area contributed by atoms with Gasteiger partial charge in [0.15, 0.2) is 0 Å². The van der Waals surface area contributed by atoms with Crippen LogP contribution in [0.25, 0.3) is 0 Å². The zero-order valence-corrected chi connectivity index (χ0v) is 15.3. The third kappa shape index (κ3) is 3.22. The van der Waals surface area contributed by atoms with Crippen molar-refractivity contribution in [3.8, 4) is 0 Å². The highest BCUT2D eigenvalue weighted by Gasteiger charge is 2.42. The van der Waals surface area contributed by atoms with Gasteiger partial charge in [0, 0.05) is 25.7 Å². The Morgan fingerprint density at radius 1 is 1.25 bits per heavy atom. The molecule has 4 atom stereocenters. The van der Waals surface area contributed by atoms with Crippen LogP contribution in [-0.2, 0) is 10.0 Å². The highest BCUT2D eigenvalue weighted by molar-refractivity contribution is 7.89. The van der Waals surface area contributed by atoms with Crippen LogP contribution < -0.4 is 5.32 Å². The number of sulfonamides is 1. The number of amides is 1. The highest BCUT2D eigenvalue weighted by Crippen LogP contribution is 2.49. The Bertz CT molecular complexity index is 730. The summed E-state index contributed by atoms with van der Waals surface area (Å²) >= 11 is 0. The minimum atomic E-state index is -3.53. The summed E-state index contributed by atoms with van der Waals surface area (Å²) in [6, 6.07) is 6.39. The molecule has 2 saturated carbocycles. The quantitative estimate of drug-likeness (QED) is 0.887. The van der Waals surface area contributed by atoms with E-state index in [2.05, 4.69) is 12.2 Å². The number of carbonyl (C=O) groups excluding carboxylic acids is 1. The molecule has 2 aliphatic rings. The fourth-order valence-corrected chi connectivity index (χ4v) is 5.26. The Morgan fingerprint density at radius 3 is 2.58 bits per heavy atom. The molecule has 2 fully saturated rings. The maximum absolute atomic E-state index is 12.5. The van der Waals surface area contributed by atoms with Gasteiger partial charge >= 0.3 is 0 Å². The second-order valence-electron chi connectivity index (χ2n) is 7.42. The van der Waals surface area contributed by atoms with Crippen molar-refractivity contribution in [3.05, 3.63) is 29.8 Å². The molecule has 2 aliphatic carbocycles. The number of fused-ring (bicyclic) bond motifs is 2. The van der Waals surface area contributed by atoms with Gasteiger partial charge in [0.25, 0.3) is 5.91 Å². The lowest BCUT2D eigenvalue weighted by Crippen LogP contribution is -2.40. The molecule has 1 amide bonds. The maximum Gasteiger partial charge on any atom is 0.251 e. The molecule has 3 rings (SSSR count). The SMILES string of the molecule is C[C@H](NC(=O)c1cccc(S(=O)(=O)N(C)C)c1)[C@@H]1C[C@H]2CC[C@H]1C2. The molecule has 1 N–H and O–H groups in total. The molecule has 1 aromatic rings. The molecule has 0 aromatic heterocycles. The van der Waals surface area contributed by atoms with Crippen molar-refractivity contribution in [2.75, 3.05) is 14.1 Å². The first kappa shape index (κ1) is 17.4. The van der Waals surface area contributed by atoms with Crippen LogP contribution in [0, 0.1) is 17.8 Å². The fraction of sp³-hybridized carbons (Fsp3) is 0.611. The summed E-state index contributed by atoms with van der Waals surface area (Å²) in [6.45, 7) is 2.07. The van der Waals surface area contributed by atoms with Crippen LogP contribution in [0.15, 0.2) is 29.2 Å². The van der Waals surface area contributed by atoms with E-state index in [1.165, 1.54) is 51.9 Å². The predicted molar refractivity (Wildman–Crippen MR) is 93.2 cm³/mol. The molecule has 0 spiro atoms. The van der Waals surface area contributed by atoms with E-state index in [0.29, 0.717) is 11.5 Å². The van der Waals surface area contributed by atoms with Crippen LogP contribution in [-0.4, -0.2) is 38.8 Å². The summed E-state index contributed by atoms with van der Waals surface area (Å²) in [5.74, 6) is 1.95. The lowest BCUT2D eigenvalue weighted by Gasteiger charge is -2.28. The Balaban J connectivity index is 1.71. The third-order valence-corrected chi connectivity index (χ3v) is 7.48. The first-order valence-electron chi connectivity index (χ1n) is 8.62. The van der Waals surface area contributed by atoms with Crippen LogP contribution in [0.4, 0.5) is 0 Å². The number of carbonyl (C=O) groups is 1. The standard InChI is InChI=1S/C18H26N2O3S/c1-12(17-10-13-7-8-14(17)9-13)19-18(21)15-5-4-6-16(11-15)24(22,23)20(2)3/h4-6,11-14,17H,7-10H2,1-3H3,(H,19,21)/t12-,13-,14-,17-/m0/s1. The van der Waals surface area contributed by atoms with Gasteiger partial charge in [0.1, 0.15) is 0 Å². The molecule has 0 radical (unpaired) electrons. The monoisotopic (exact) mass is 350 g/mol. The van der Waals surface area contributed by atoms with Crippen LogP contribution >= 0.6 is 0 Å². The van der Waals surface area contributed by atoms with Crippen LogP contribution in [0.3, 0.4) is 0 Å². The van der Waals surface area contributed by atoms with Crippen molar-refractivity contribution >= 4 is 15.9 Å². The molecule has 2 bridgehead atoms. The van der Waals surface area contributed by atoms with Gasteiger partial charge in [0.05, 0.1) is 4.90 Å². The Morgan fingerprint density at radius 2 is 2.00 bits per heavy atom. The summed E-state index contributed by atoms with van der Waals surface area (Å²) in [7, 11) is -0.560. The average molecular weight is 350 g/mol. The topological polar surface area (TPSA) is 66.5 Å². The molecular weight excluding hydrogens is 324 g/mol. The second-order valence-corrected chi connectivity index (χ2v) is 9.57. The van der Waals surface area contributed by atoms with Gasteiger partial charge in [-0.25, -0.2) is 12.7 Å². The van der Waals surface area contributed by atoms with Gasteiger partial charge in [-0.15, -0.1) is 0 Å². The normalized spacial score (nSPS) is 27.4. The molecule has 0 aliphatic heterocycles. The zero-order valence-electron chi connectivity index (χ0n) is 14.5. The van der Waals surface area contributed by atoms with Gasteiger partial charge in [-0.2, -0.15) is 0 Å². The van der Waals surface area contributed by atoms with Crippen LogP contribution in [0.5, 0.6) is 0 Å². The molecule has 5 nitrogen and oxygen atoms in total. The largest absolute Gasteiger partial charge is 0.349 e. The van der Waals surface area contributed by atoms with Crippen molar-refractivity contribution < 1.29 is 13.2 Å². The number of nitrogens with one attached hydrogen (secondary N) is 1. The van der Waals surface area contributed by atoms with E-state index < -0.39 is 10.0 Å². The molecule has 0 heterocycles. The average Bonchev–Trinajstić information content (AvgIpc) is 3.17. The highest BCUT2D eigenvalue weighted by atomic mass is 32.2. The number of hydrogen-bond donors (Lipinski definition) is 1. The smallest absolute Gasteiger partial charge is 0.251 e. The predicted octanol–water partition coefficient (Wildman–Crippen LogP) is 2.49. The van der Waals surface area contributed by atoms with E-state index in [1.54, 1.807) is 12.1 Å². The van der Waals surface area contributed by atoms with Crippen LogP contribution in [0.2, 0.25) is 0 Å². The molecule has 0 saturated heterocycles. The minimum absolute atomic E-state index is 0.127. The van der Waals surface area contributed by atoms with E-state index in [4.69, 9.17) is 0 Å². The van der Waals surface area contributed by atoms with Gasteiger partial charge < -0.3 is 5.32 Å². The number of hydrogen-bond acceptors (Lipinski definition) is 3. The van der Waals surface area contributed by atoms with Crippen molar-refractivity contribution in [3.63, 3.8) is 0 Å². The fourth-order valence-electron chi connectivity index (χ4n) is 4.31. The molecule has 1 aromatic carbocycles. The van der Waals surface area contributed by atoms with Crippen molar-refractivity contribution in [2.45, 2.75) is 43.5 Å². The van der Waals surface area contributed by atoms with E-state index in [-0.39, 0.29) is 16.8 Å². The van der Waals surface area contributed by atoms with E-state index >= 15 is 0 Å². The summed E-state index contributed by atoms with van der Waals surface area (Å²) < 4.78 is 25.6. The Hall–Kier alpha value is -1.40. The van der Waals surface area contributed by atoms with E-state index in [0.717, 1.165) is 16.1 Å². The Kier molecular flexibility index (Phi) is 4.71. The van der Waals surface area contributed by atoms with Gasteiger partial charge in [-0.05, 0) is 62.1 Å². The number of benzene rings is 1. The Labute approximate surface area is 144 Å². The summed E-state index contributed by atoms with van der Waals surface area (Å²) in [5.41, 5.74) is 0.396. The lowest BCUT2D eigenvalue weighted by molar-refractivity contribution is 0.0915. The third-order valence-electron chi connectivity index (χ3n) is 5.67. The minimum Gasteiger partial charge on any atom is -0.349 e. The summed E-state index contributed by atoms with van der Waals surface area (Å²) in [5, 5.41) is 3.08. The summed E-state index contributed by atoms with van der Waals surface area (Å²) in [4.78, 5) is 12.7. The van der Waals surface area contributed by atoms with Gasteiger partial charge in [0.2, 0.25) is 10.0 Å². The molecule has 24 heavy (non-hydrogen) atoms. The molecule has 0 unspecified atom stereocenters. The number of nitrogens with zero attached hydrogens (tertiary/aromatic N) is 1. The van der Waals surface area contributed by atoms with Crippen molar-refractivity contribution in [1.82, 2.24) is 9.62 Å². The first-order chi connectivity index (χ1) is 11.3. The lowest BCUT2D eigenvalue weighted by atomic mass is 9.84. The van der Waals surface area contributed by atoms with E-state index in [1.807, 2.05) is 0 Å². The van der Waals surface area contributed by atoms with Crippen LogP contribution in [0.1, 0.15) is 43.0 Å². The van der Waals surface area contributed by atoms with Gasteiger partial charge in [-0.3, -0.25) is 4.79 Å². The van der Waals surface area contributed by atoms with E-state index in [9.17, 15) is 13.2 Å². The number of rotatable bonds is 5. The second kappa shape index (κ2) is 6.48. The first-order valence-corrected chi connectivity index (χ1v) is 10.1. The molecule has 6 heteroatoms. The maximum atomic E-state index is 12.5. The zero-order chi connectivity index (χ0) is 17.5. The van der Waals surface area contributed by atoms with Gasteiger partial charge in [-0.1, -0.05) is 12.5 Å². The van der Waals surface area contributed by atoms with Crippen molar-refractivity contribution in [2.24, 2.45) is 17.8 Å². The molecule has 132 valence electrons. The van der Waals surface area contributed by atoms with Crippen molar-refractivity contribution in [1.29, 1.82) is 0 Å².